The third-order valence-electron chi connectivity index (χ3n) is 3.85. The van der Waals surface area contributed by atoms with E-state index in [0.29, 0.717) is 23.3 Å². The highest BCUT2D eigenvalue weighted by atomic mass is 32.2. The van der Waals surface area contributed by atoms with Crippen molar-refractivity contribution in [1.82, 2.24) is 14.8 Å². The van der Waals surface area contributed by atoms with Crippen molar-refractivity contribution in [2.24, 2.45) is 0 Å². The molecule has 0 saturated heterocycles. The molecular weight excluding hydrogens is 360 g/mol. The lowest BCUT2D eigenvalue weighted by Gasteiger charge is -2.13. The maximum absolute atomic E-state index is 9.19. The van der Waals surface area contributed by atoms with Gasteiger partial charge < -0.3 is 9.47 Å². The van der Waals surface area contributed by atoms with E-state index in [1.165, 1.54) is 11.8 Å². The smallest absolute Gasteiger partial charge is 0.197 e. The molecule has 1 unspecified atom stereocenters. The van der Waals surface area contributed by atoms with Crippen molar-refractivity contribution < 1.29 is 9.47 Å². The number of nitriles is 1. The molecule has 0 aliphatic heterocycles. The molecule has 3 aromatic rings. The van der Waals surface area contributed by atoms with E-state index in [4.69, 9.17) is 9.47 Å². The van der Waals surface area contributed by atoms with E-state index in [2.05, 4.69) is 16.3 Å². The summed E-state index contributed by atoms with van der Waals surface area (Å²) in [5.41, 5.74) is 1.72. The molecular formula is C20H20N4O2S. The fourth-order valence-corrected chi connectivity index (χ4v) is 3.38. The summed E-state index contributed by atoms with van der Waals surface area (Å²) in [7, 11) is 1.63. The Bertz CT molecular complexity index is 947. The SMILES string of the molecule is CCOc1ccc(-n2c(SC(C)C#N)nnc2-c2ccccc2OC)cc1. The summed E-state index contributed by atoms with van der Waals surface area (Å²) in [5.74, 6) is 2.17. The van der Waals surface area contributed by atoms with Crippen LogP contribution in [-0.2, 0) is 0 Å². The average molecular weight is 380 g/mol. The normalized spacial score (nSPS) is 11.6. The van der Waals surface area contributed by atoms with Crippen LogP contribution in [0.5, 0.6) is 11.5 Å². The van der Waals surface area contributed by atoms with Crippen LogP contribution < -0.4 is 9.47 Å². The molecule has 3 rings (SSSR count). The van der Waals surface area contributed by atoms with Crippen molar-refractivity contribution in [3.8, 4) is 34.6 Å². The molecule has 27 heavy (non-hydrogen) atoms. The molecule has 0 spiro atoms. The third-order valence-corrected chi connectivity index (χ3v) is 4.79. The van der Waals surface area contributed by atoms with E-state index in [1.54, 1.807) is 7.11 Å². The highest BCUT2D eigenvalue weighted by Gasteiger charge is 2.20. The van der Waals surface area contributed by atoms with Crippen LogP contribution in [0.3, 0.4) is 0 Å². The first-order valence-electron chi connectivity index (χ1n) is 8.56. The second-order valence-electron chi connectivity index (χ2n) is 5.66. The van der Waals surface area contributed by atoms with E-state index < -0.39 is 0 Å². The van der Waals surface area contributed by atoms with Gasteiger partial charge in [0.05, 0.1) is 36.3 Å². The highest BCUT2D eigenvalue weighted by Crippen LogP contribution is 2.34. The second kappa shape index (κ2) is 8.60. The Labute approximate surface area is 162 Å². The Morgan fingerprint density at radius 2 is 1.89 bits per heavy atom. The molecule has 0 bridgehead atoms. The van der Waals surface area contributed by atoms with Gasteiger partial charge in [-0.2, -0.15) is 5.26 Å². The highest BCUT2D eigenvalue weighted by molar-refractivity contribution is 8.00. The predicted molar refractivity (Wildman–Crippen MR) is 105 cm³/mol. The van der Waals surface area contributed by atoms with Crippen LogP contribution in [0.1, 0.15) is 13.8 Å². The van der Waals surface area contributed by atoms with E-state index in [1.807, 2.05) is 66.9 Å². The minimum absolute atomic E-state index is 0.249. The van der Waals surface area contributed by atoms with Crippen LogP contribution >= 0.6 is 11.8 Å². The Kier molecular flexibility index (Phi) is 5.99. The summed E-state index contributed by atoms with van der Waals surface area (Å²) < 4.78 is 13.0. The van der Waals surface area contributed by atoms with Crippen molar-refractivity contribution >= 4 is 11.8 Å². The van der Waals surface area contributed by atoms with Gasteiger partial charge >= 0.3 is 0 Å². The lowest BCUT2D eigenvalue weighted by atomic mass is 10.2. The molecule has 0 aliphatic rings. The van der Waals surface area contributed by atoms with Crippen molar-refractivity contribution in [2.45, 2.75) is 24.3 Å². The number of thioether (sulfide) groups is 1. The topological polar surface area (TPSA) is 73.0 Å². The fraction of sp³-hybridized carbons (Fsp3) is 0.250. The number of hydrogen-bond donors (Lipinski definition) is 0. The van der Waals surface area contributed by atoms with Crippen molar-refractivity contribution in [2.75, 3.05) is 13.7 Å². The summed E-state index contributed by atoms with van der Waals surface area (Å²) in [6, 6.07) is 17.6. The van der Waals surface area contributed by atoms with E-state index >= 15 is 0 Å². The minimum Gasteiger partial charge on any atom is -0.496 e. The summed E-state index contributed by atoms with van der Waals surface area (Å²) in [4.78, 5) is 0. The average Bonchev–Trinajstić information content (AvgIpc) is 3.11. The molecule has 1 atom stereocenters. The second-order valence-corrected chi connectivity index (χ2v) is 6.97. The van der Waals surface area contributed by atoms with Crippen LogP contribution in [0, 0.1) is 11.3 Å². The molecule has 7 heteroatoms. The molecule has 6 nitrogen and oxygen atoms in total. The molecule has 0 amide bonds. The van der Waals surface area contributed by atoms with E-state index in [0.717, 1.165) is 17.0 Å². The molecule has 0 radical (unpaired) electrons. The van der Waals surface area contributed by atoms with Gasteiger partial charge in [0.2, 0.25) is 0 Å². The maximum atomic E-state index is 9.19. The maximum Gasteiger partial charge on any atom is 0.197 e. The number of benzene rings is 2. The largest absolute Gasteiger partial charge is 0.496 e. The summed E-state index contributed by atoms with van der Waals surface area (Å²) in [5, 5.41) is 18.3. The Morgan fingerprint density at radius 3 is 2.56 bits per heavy atom. The first kappa shape index (κ1) is 18.8. The molecule has 1 heterocycles. The number of para-hydroxylation sites is 1. The number of methoxy groups -OCH3 is 1. The molecule has 0 fully saturated rings. The van der Waals surface area contributed by atoms with Gasteiger partial charge in [0.1, 0.15) is 11.5 Å². The number of hydrogen-bond acceptors (Lipinski definition) is 6. The van der Waals surface area contributed by atoms with Crippen LogP contribution in [0.15, 0.2) is 53.7 Å². The van der Waals surface area contributed by atoms with Crippen molar-refractivity contribution in [3.05, 3.63) is 48.5 Å². The molecule has 0 N–H and O–H groups in total. The Hall–Kier alpha value is -2.98. The summed E-state index contributed by atoms with van der Waals surface area (Å²) in [6.45, 7) is 4.40. The zero-order valence-corrected chi connectivity index (χ0v) is 16.2. The molecule has 0 saturated carbocycles. The van der Waals surface area contributed by atoms with Crippen LogP contribution in [0.25, 0.3) is 17.1 Å². The molecule has 2 aromatic carbocycles. The molecule has 1 aromatic heterocycles. The van der Waals surface area contributed by atoms with E-state index in [9.17, 15) is 5.26 Å². The summed E-state index contributed by atoms with van der Waals surface area (Å²) in [6.07, 6.45) is 0. The van der Waals surface area contributed by atoms with Crippen LogP contribution in [-0.4, -0.2) is 33.7 Å². The first-order chi connectivity index (χ1) is 13.2. The van der Waals surface area contributed by atoms with Gasteiger partial charge in [-0.25, -0.2) is 0 Å². The van der Waals surface area contributed by atoms with Gasteiger partial charge in [-0.05, 0) is 50.2 Å². The van der Waals surface area contributed by atoms with E-state index in [-0.39, 0.29) is 5.25 Å². The van der Waals surface area contributed by atoms with Gasteiger partial charge in [0, 0.05) is 0 Å². The standard InChI is InChI=1S/C20H20N4O2S/c1-4-26-16-11-9-15(10-12-16)24-19(17-7-5-6-8-18(17)25-3)22-23-20(24)27-14(2)13-21/h5-12,14H,4H2,1-3H3. The Morgan fingerprint density at radius 1 is 1.15 bits per heavy atom. The van der Waals surface area contributed by atoms with Crippen molar-refractivity contribution in [3.63, 3.8) is 0 Å². The predicted octanol–water partition coefficient (Wildman–Crippen LogP) is 4.35. The Balaban J connectivity index is 2.13. The van der Waals surface area contributed by atoms with Gasteiger partial charge in [-0.3, -0.25) is 4.57 Å². The van der Waals surface area contributed by atoms with Crippen LogP contribution in [0.4, 0.5) is 0 Å². The van der Waals surface area contributed by atoms with Gasteiger partial charge in [0.25, 0.3) is 0 Å². The third kappa shape index (κ3) is 4.07. The number of nitrogens with zero attached hydrogens (tertiary/aromatic N) is 4. The summed E-state index contributed by atoms with van der Waals surface area (Å²) >= 11 is 1.36. The zero-order valence-electron chi connectivity index (χ0n) is 15.4. The first-order valence-corrected chi connectivity index (χ1v) is 9.44. The number of rotatable bonds is 7. The monoisotopic (exact) mass is 380 g/mol. The van der Waals surface area contributed by atoms with Gasteiger partial charge in [-0.15, -0.1) is 10.2 Å². The van der Waals surface area contributed by atoms with Crippen LogP contribution in [0.2, 0.25) is 0 Å². The number of ether oxygens (including phenoxy) is 2. The quantitative estimate of drug-likeness (QED) is 0.568. The molecule has 138 valence electrons. The number of aromatic nitrogens is 3. The van der Waals surface area contributed by atoms with Crippen molar-refractivity contribution in [1.29, 1.82) is 5.26 Å². The minimum atomic E-state index is -0.249. The lowest BCUT2D eigenvalue weighted by Crippen LogP contribution is -2.03. The zero-order chi connectivity index (χ0) is 19.2. The lowest BCUT2D eigenvalue weighted by molar-refractivity contribution is 0.340. The molecule has 0 aliphatic carbocycles. The van der Waals surface area contributed by atoms with Gasteiger partial charge in [0.15, 0.2) is 11.0 Å². The van der Waals surface area contributed by atoms with Gasteiger partial charge in [-0.1, -0.05) is 23.9 Å². The fourth-order valence-electron chi connectivity index (χ4n) is 2.63.